The van der Waals surface area contributed by atoms with Crippen LogP contribution in [0, 0.1) is 23.2 Å². The molecule has 1 aromatic carbocycles. The van der Waals surface area contributed by atoms with Gasteiger partial charge in [0.25, 0.3) is 0 Å². The maximum Gasteiger partial charge on any atom is 0.246 e. The van der Waals surface area contributed by atoms with Gasteiger partial charge >= 0.3 is 0 Å². The van der Waals surface area contributed by atoms with Gasteiger partial charge in [-0.15, -0.1) is 0 Å². The van der Waals surface area contributed by atoms with E-state index in [1.165, 1.54) is 31.9 Å². The Kier molecular flexibility index (Phi) is 4.15. The van der Waals surface area contributed by atoms with Crippen LogP contribution in [0.1, 0.15) is 50.5 Å². The third-order valence-electron chi connectivity index (χ3n) is 6.20. The molecule has 4 bridgehead atoms. The van der Waals surface area contributed by atoms with Gasteiger partial charge in [0, 0.05) is 10.0 Å². The summed E-state index contributed by atoms with van der Waals surface area (Å²) in [6, 6.07) is 5.15. The van der Waals surface area contributed by atoms with E-state index in [1.54, 1.807) is 18.2 Å². The number of carbonyl (C=O) groups excluding carboxylic acids is 1. The van der Waals surface area contributed by atoms with Crippen molar-refractivity contribution in [3.63, 3.8) is 0 Å². The van der Waals surface area contributed by atoms with Crippen molar-refractivity contribution in [2.75, 3.05) is 0 Å². The minimum atomic E-state index is -0.205. The predicted octanol–water partition coefficient (Wildman–Crippen LogP) is 4.21. The summed E-state index contributed by atoms with van der Waals surface area (Å²) in [5.74, 6) is 2.41. The Morgan fingerprint density at radius 3 is 2.58 bits per heavy atom. The van der Waals surface area contributed by atoms with Crippen LogP contribution in [0.5, 0.6) is 5.75 Å². The first-order chi connectivity index (χ1) is 11.5. The smallest absolute Gasteiger partial charge is 0.246 e. The van der Waals surface area contributed by atoms with E-state index in [0.717, 1.165) is 41.5 Å². The highest BCUT2D eigenvalue weighted by molar-refractivity contribution is 9.10. The van der Waals surface area contributed by atoms with Crippen LogP contribution in [0.4, 0.5) is 0 Å². The lowest BCUT2D eigenvalue weighted by molar-refractivity contribution is -0.138. The SMILES string of the molecule is O=C(N/N=C/c1cc(Br)ccc1O)C12CC3C[C@H](CC[C@@H](C3)C1)C2. The molecule has 2 atom stereocenters. The molecule has 1 aromatic rings. The van der Waals surface area contributed by atoms with E-state index in [-0.39, 0.29) is 17.1 Å². The Bertz CT molecular complexity index is 672. The first-order valence-electron chi connectivity index (χ1n) is 8.86. The van der Waals surface area contributed by atoms with E-state index in [2.05, 4.69) is 26.5 Å². The highest BCUT2D eigenvalue weighted by Crippen LogP contribution is 2.57. The maximum absolute atomic E-state index is 12.9. The summed E-state index contributed by atoms with van der Waals surface area (Å²) in [5.41, 5.74) is 3.15. The summed E-state index contributed by atoms with van der Waals surface area (Å²) in [4.78, 5) is 12.9. The molecule has 4 fully saturated rings. The molecule has 0 saturated heterocycles. The van der Waals surface area contributed by atoms with Gasteiger partial charge in [-0.2, -0.15) is 5.10 Å². The van der Waals surface area contributed by atoms with Crippen molar-refractivity contribution in [2.45, 2.75) is 44.9 Å². The molecular weight excluding hydrogens is 368 g/mol. The molecule has 4 nitrogen and oxygen atoms in total. The Hall–Kier alpha value is -1.36. The van der Waals surface area contributed by atoms with E-state index in [0.29, 0.717) is 5.56 Å². The Labute approximate surface area is 150 Å². The van der Waals surface area contributed by atoms with Crippen LogP contribution in [0.25, 0.3) is 0 Å². The van der Waals surface area contributed by atoms with E-state index in [9.17, 15) is 9.90 Å². The number of hydrazone groups is 1. The number of halogens is 1. The fourth-order valence-electron chi connectivity index (χ4n) is 5.38. The fraction of sp³-hybridized carbons (Fsp3) is 0.579. The van der Waals surface area contributed by atoms with Gasteiger partial charge in [0.2, 0.25) is 5.91 Å². The van der Waals surface area contributed by atoms with Crippen LogP contribution < -0.4 is 5.43 Å². The second kappa shape index (κ2) is 6.17. The van der Waals surface area contributed by atoms with Gasteiger partial charge < -0.3 is 5.11 Å². The highest BCUT2D eigenvalue weighted by atomic mass is 79.9. The molecule has 1 amide bonds. The standard InChI is InChI=1S/C19H23BrN2O2/c20-16-3-4-17(23)15(7-16)11-21-22-18(24)19-8-12-1-2-13(9-19)6-14(5-12)10-19/h3-4,7,11-14,23H,1-2,5-6,8-10H2,(H,22,24)/b21-11+/t12-,13-,14?,19?/m0/s1. The summed E-state index contributed by atoms with van der Waals surface area (Å²) in [6.45, 7) is 0. The zero-order valence-electron chi connectivity index (χ0n) is 13.7. The molecule has 0 unspecified atom stereocenters. The molecule has 24 heavy (non-hydrogen) atoms. The van der Waals surface area contributed by atoms with E-state index in [4.69, 9.17) is 0 Å². The van der Waals surface area contributed by atoms with Crippen molar-refractivity contribution in [1.82, 2.24) is 5.43 Å². The molecule has 4 saturated carbocycles. The van der Waals surface area contributed by atoms with E-state index >= 15 is 0 Å². The lowest BCUT2D eigenvalue weighted by Gasteiger charge is -2.46. The van der Waals surface area contributed by atoms with E-state index in [1.807, 2.05) is 0 Å². The van der Waals surface area contributed by atoms with Gasteiger partial charge in [-0.25, -0.2) is 5.43 Å². The number of rotatable bonds is 3. The molecule has 0 spiro atoms. The van der Waals surface area contributed by atoms with Crippen molar-refractivity contribution in [1.29, 1.82) is 0 Å². The Morgan fingerprint density at radius 1 is 1.21 bits per heavy atom. The zero-order valence-corrected chi connectivity index (χ0v) is 15.3. The first-order valence-corrected chi connectivity index (χ1v) is 9.65. The van der Waals surface area contributed by atoms with Crippen LogP contribution in [0.2, 0.25) is 0 Å². The van der Waals surface area contributed by atoms with Crippen molar-refractivity contribution in [3.05, 3.63) is 28.2 Å². The molecule has 2 N–H and O–H groups in total. The second-order valence-electron chi connectivity index (χ2n) is 7.94. The number of amides is 1. The number of carbonyl (C=O) groups is 1. The molecule has 5 heteroatoms. The second-order valence-corrected chi connectivity index (χ2v) is 8.86. The monoisotopic (exact) mass is 390 g/mol. The average Bonchev–Trinajstić information content (AvgIpc) is 2.76. The van der Waals surface area contributed by atoms with Crippen molar-refractivity contribution in [3.8, 4) is 5.75 Å². The summed E-state index contributed by atoms with van der Waals surface area (Å²) >= 11 is 3.37. The van der Waals surface area contributed by atoms with Gasteiger partial charge in [-0.1, -0.05) is 28.8 Å². The molecule has 0 heterocycles. The molecule has 4 aliphatic rings. The number of hydrogen-bond acceptors (Lipinski definition) is 3. The van der Waals surface area contributed by atoms with Crippen LogP contribution in [0.15, 0.2) is 27.8 Å². The summed E-state index contributed by atoms with van der Waals surface area (Å²) < 4.78 is 0.866. The molecule has 0 aromatic heterocycles. The van der Waals surface area contributed by atoms with Crippen LogP contribution >= 0.6 is 15.9 Å². The predicted molar refractivity (Wildman–Crippen MR) is 96.8 cm³/mol. The third kappa shape index (κ3) is 2.99. The lowest BCUT2D eigenvalue weighted by Crippen LogP contribution is -2.47. The van der Waals surface area contributed by atoms with Gasteiger partial charge in [0.1, 0.15) is 5.75 Å². The normalized spacial score (nSPS) is 34.5. The van der Waals surface area contributed by atoms with Gasteiger partial charge in [-0.3, -0.25) is 4.79 Å². The maximum atomic E-state index is 12.9. The molecule has 5 rings (SSSR count). The quantitative estimate of drug-likeness (QED) is 0.599. The Balaban J connectivity index is 1.48. The number of aromatic hydroxyl groups is 1. The number of phenols is 1. The van der Waals surface area contributed by atoms with E-state index < -0.39 is 0 Å². The van der Waals surface area contributed by atoms with Crippen LogP contribution in [-0.4, -0.2) is 17.2 Å². The van der Waals surface area contributed by atoms with Gasteiger partial charge in [0.15, 0.2) is 0 Å². The molecule has 0 radical (unpaired) electrons. The minimum Gasteiger partial charge on any atom is -0.507 e. The van der Waals surface area contributed by atoms with Crippen molar-refractivity contribution >= 4 is 28.1 Å². The highest BCUT2D eigenvalue weighted by Gasteiger charge is 2.52. The Morgan fingerprint density at radius 2 is 1.88 bits per heavy atom. The fourth-order valence-corrected chi connectivity index (χ4v) is 5.76. The number of nitrogens with one attached hydrogen (secondary N) is 1. The number of nitrogens with zero attached hydrogens (tertiary/aromatic N) is 1. The lowest BCUT2D eigenvalue weighted by atomic mass is 9.58. The zero-order chi connectivity index (χ0) is 16.7. The van der Waals surface area contributed by atoms with Crippen LogP contribution in [0.3, 0.4) is 0 Å². The van der Waals surface area contributed by atoms with Gasteiger partial charge in [-0.05, 0) is 68.1 Å². The largest absolute Gasteiger partial charge is 0.507 e. The topological polar surface area (TPSA) is 61.7 Å². The third-order valence-corrected chi connectivity index (χ3v) is 6.69. The average molecular weight is 391 g/mol. The van der Waals surface area contributed by atoms with Crippen LogP contribution in [-0.2, 0) is 4.79 Å². The number of fused-ring (bicyclic) bond motifs is 1. The number of hydrogen-bond donors (Lipinski definition) is 2. The van der Waals surface area contributed by atoms with Gasteiger partial charge in [0.05, 0.1) is 11.6 Å². The van der Waals surface area contributed by atoms with Crippen molar-refractivity contribution < 1.29 is 9.90 Å². The molecular formula is C19H23BrN2O2. The number of phenolic OH excluding ortho intramolecular Hbond substituents is 1. The first kappa shape index (κ1) is 16.1. The summed E-state index contributed by atoms with van der Waals surface area (Å²) in [5, 5.41) is 14.0. The minimum absolute atomic E-state index is 0.0783. The molecule has 0 aliphatic heterocycles. The molecule has 128 valence electrons. The van der Waals surface area contributed by atoms with Crippen molar-refractivity contribution in [2.24, 2.45) is 28.3 Å². The summed E-state index contributed by atoms with van der Waals surface area (Å²) in [6.07, 6.45) is 9.85. The molecule has 4 aliphatic carbocycles. The number of benzene rings is 1. The summed E-state index contributed by atoms with van der Waals surface area (Å²) in [7, 11) is 0.